The summed E-state index contributed by atoms with van der Waals surface area (Å²) in [6, 6.07) is 0. The lowest BCUT2D eigenvalue weighted by Gasteiger charge is -1.94. The minimum atomic E-state index is -0.885. The van der Waals surface area contributed by atoms with Gasteiger partial charge in [0.2, 0.25) is 0 Å². The van der Waals surface area contributed by atoms with Gasteiger partial charge in [-0.05, 0) is 6.42 Å². The molecule has 0 aromatic rings. The largest absolute Gasteiger partial charge is 0.481 e. The third-order valence-electron chi connectivity index (χ3n) is 0.999. The molecule has 0 saturated carbocycles. The van der Waals surface area contributed by atoms with Crippen molar-refractivity contribution in [1.29, 1.82) is 0 Å². The second kappa shape index (κ2) is 6.98. The highest BCUT2D eigenvalue weighted by Gasteiger charge is 2.01. The van der Waals surface area contributed by atoms with Crippen molar-refractivity contribution in [2.75, 3.05) is 7.11 Å². The molecule has 0 amide bonds. The molecule has 1 N–H and O–H groups in total. The summed E-state index contributed by atoms with van der Waals surface area (Å²) in [4.78, 5) is 20.3. The summed E-state index contributed by atoms with van der Waals surface area (Å²) in [6.07, 6.45) is 0.555. The van der Waals surface area contributed by atoms with Crippen LogP contribution in [0.4, 0.5) is 4.70 Å². The second-order valence-corrected chi connectivity index (χ2v) is 1.82. The Balaban J connectivity index is 0. The van der Waals surface area contributed by atoms with Gasteiger partial charge >= 0.3 is 11.9 Å². The predicted octanol–water partition coefficient (Wildman–Crippen LogP) is 0.567. The summed E-state index contributed by atoms with van der Waals surface area (Å²) in [7, 11) is 1.28. The molecule has 0 rings (SSSR count). The molecule has 0 radical (unpaired) electrons. The minimum absolute atomic E-state index is 0. The van der Waals surface area contributed by atoms with Gasteiger partial charge in [-0.25, -0.2) is 0 Å². The molecule has 0 fully saturated rings. The highest BCUT2D eigenvalue weighted by atomic mass is 19.0. The SMILES string of the molecule is COC(=O)CCCC(=O)O.F. The number of carbonyl (C=O) groups excluding carboxylic acids is 1. The van der Waals surface area contributed by atoms with E-state index >= 15 is 0 Å². The first kappa shape index (κ1) is 12.5. The molecular formula is C6H11FO4. The molecule has 0 bridgehead atoms. The third-order valence-corrected chi connectivity index (χ3v) is 0.999. The Morgan fingerprint density at radius 1 is 1.36 bits per heavy atom. The number of carboxylic acid groups (broad SMARTS) is 1. The van der Waals surface area contributed by atoms with Crippen LogP contribution in [0.1, 0.15) is 19.3 Å². The zero-order valence-electron chi connectivity index (χ0n) is 6.20. The summed E-state index contributed by atoms with van der Waals surface area (Å²) in [6.45, 7) is 0. The zero-order valence-corrected chi connectivity index (χ0v) is 6.20. The highest BCUT2D eigenvalue weighted by Crippen LogP contribution is 1.95. The number of ether oxygens (including phenoxy) is 1. The minimum Gasteiger partial charge on any atom is -0.481 e. The quantitative estimate of drug-likeness (QED) is 0.620. The van der Waals surface area contributed by atoms with Gasteiger partial charge < -0.3 is 9.84 Å². The Morgan fingerprint density at radius 2 is 1.91 bits per heavy atom. The highest BCUT2D eigenvalue weighted by molar-refractivity contribution is 5.71. The molecule has 4 nitrogen and oxygen atoms in total. The topological polar surface area (TPSA) is 63.6 Å². The number of aliphatic carboxylic acids is 1. The zero-order chi connectivity index (χ0) is 7.98. The van der Waals surface area contributed by atoms with Crippen LogP contribution in [-0.4, -0.2) is 24.2 Å². The molecule has 11 heavy (non-hydrogen) atoms. The lowest BCUT2D eigenvalue weighted by molar-refractivity contribution is -0.141. The summed E-state index contributed by atoms with van der Waals surface area (Å²) < 4.78 is 4.30. The van der Waals surface area contributed by atoms with Gasteiger partial charge in [0.15, 0.2) is 0 Å². The molecule has 0 atom stereocenters. The van der Waals surface area contributed by atoms with Gasteiger partial charge in [-0.1, -0.05) is 0 Å². The van der Waals surface area contributed by atoms with E-state index in [1.165, 1.54) is 7.11 Å². The Morgan fingerprint density at radius 3 is 2.27 bits per heavy atom. The number of methoxy groups -OCH3 is 1. The number of carbonyl (C=O) groups is 2. The standard InChI is InChI=1S/C6H10O4.FH/c1-10-6(9)4-2-3-5(7)8;/h2-4H2,1H3,(H,7,8);1H. The van der Waals surface area contributed by atoms with Gasteiger partial charge in [0.05, 0.1) is 7.11 Å². The number of hydrogen-bond donors (Lipinski definition) is 1. The fourth-order valence-corrected chi connectivity index (χ4v) is 0.486. The van der Waals surface area contributed by atoms with Gasteiger partial charge in [-0.15, -0.1) is 0 Å². The molecule has 0 aliphatic carbocycles. The monoisotopic (exact) mass is 166 g/mol. The van der Waals surface area contributed by atoms with Crippen LogP contribution < -0.4 is 0 Å². The molecule has 0 saturated heterocycles. The van der Waals surface area contributed by atoms with E-state index in [2.05, 4.69) is 4.74 Å². The first-order valence-electron chi connectivity index (χ1n) is 2.95. The molecule has 5 heteroatoms. The Bertz CT molecular complexity index is 135. The molecule has 0 aromatic carbocycles. The Kier molecular flexibility index (Phi) is 7.96. The fourth-order valence-electron chi connectivity index (χ4n) is 0.486. The van der Waals surface area contributed by atoms with Crippen LogP contribution in [0.3, 0.4) is 0 Å². The number of rotatable bonds is 4. The maximum Gasteiger partial charge on any atom is 0.305 e. The summed E-state index contributed by atoms with van der Waals surface area (Å²) in [5.74, 6) is -1.25. The van der Waals surface area contributed by atoms with Gasteiger partial charge in [-0.3, -0.25) is 14.3 Å². The number of carboxylic acids is 1. The summed E-state index contributed by atoms with van der Waals surface area (Å²) >= 11 is 0. The normalized spacial score (nSPS) is 8.09. The average molecular weight is 166 g/mol. The van der Waals surface area contributed by atoms with Crippen molar-refractivity contribution < 1.29 is 24.1 Å². The predicted molar refractivity (Wildman–Crippen MR) is 36.0 cm³/mol. The molecular weight excluding hydrogens is 155 g/mol. The van der Waals surface area contributed by atoms with Crippen molar-refractivity contribution in [2.24, 2.45) is 0 Å². The van der Waals surface area contributed by atoms with Crippen molar-refractivity contribution in [3.8, 4) is 0 Å². The van der Waals surface area contributed by atoms with Crippen molar-refractivity contribution in [1.82, 2.24) is 0 Å². The van der Waals surface area contributed by atoms with Crippen LogP contribution in [0.5, 0.6) is 0 Å². The first-order chi connectivity index (χ1) is 4.66. The van der Waals surface area contributed by atoms with E-state index in [1.807, 2.05) is 0 Å². The van der Waals surface area contributed by atoms with Crippen LogP contribution in [0, 0.1) is 0 Å². The van der Waals surface area contributed by atoms with Crippen molar-refractivity contribution >= 4 is 11.9 Å². The van der Waals surface area contributed by atoms with Gasteiger partial charge in [0, 0.05) is 12.8 Å². The molecule has 0 aliphatic heterocycles. The van der Waals surface area contributed by atoms with E-state index in [9.17, 15) is 9.59 Å². The van der Waals surface area contributed by atoms with Crippen molar-refractivity contribution in [3.05, 3.63) is 0 Å². The molecule has 66 valence electrons. The van der Waals surface area contributed by atoms with E-state index in [4.69, 9.17) is 5.11 Å². The maximum absolute atomic E-state index is 10.4. The van der Waals surface area contributed by atoms with Crippen LogP contribution in [0.2, 0.25) is 0 Å². The lowest BCUT2D eigenvalue weighted by atomic mass is 10.2. The first-order valence-corrected chi connectivity index (χ1v) is 2.95. The van der Waals surface area contributed by atoms with Crippen LogP contribution >= 0.6 is 0 Å². The number of esters is 1. The lowest BCUT2D eigenvalue weighted by Crippen LogP contribution is -2.02. The van der Waals surface area contributed by atoms with E-state index in [0.717, 1.165) is 0 Å². The molecule has 0 heterocycles. The van der Waals surface area contributed by atoms with Gasteiger partial charge in [0.25, 0.3) is 0 Å². The van der Waals surface area contributed by atoms with Gasteiger partial charge in [0.1, 0.15) is 0 Å². The van der Waals surface area contributed by atoms with E-state index in [1.54, 1.807) is 0 Å². The maximum atomic E-state index is 10.4. The number of halogens is 1. The average Bonchev–Trinajstić information content (AvgIpc) is 1.87. The smallest absolute Gasteiger partial charge is 0.305 e. The fraction of sp³-hybridized carbons (Fsp3) is 0.667. The molecule has 0 aliphatic rings. The summed E-state index contributed by atoms with van der Waals surface area (Å²) in [5, 5.41) is 8.15. The number of hydrogen-bond acceptors (Lipinski definition) is 3. The van der Waals surface area contributed by atoms with Gasteiger partial charge in [-0.2, -0.15) is 0 Å². The molecule has 0 aromatic heterocycles. The van der Waals surface area contributed by atoms with Crippen LogP contribution in [0.15, 0.2) is 0 Å². The molecule has 0 spiro atoms. The van der Waals surface area contributed by atoms with Crippen LogP contribution in [-0.2, 0) is 14.3 Å². The van der Waals surface area contributed by atoms with Crippen molar-refractivity contribution in [3.63, 3.8) is 0 Å². The molecule has 0 unspecified atom stereocenters. The van der Waals surface area contributed by atoms with E-state index in [0.29, 0.717) is 6.42 Å². The van der Waals surface area contributed by atoms with E-state index < -0.39 is 5.97 Å². The second-order valence-electron chi connectivity index (χ2n) is 1.82. The van der Waals surface area contributed by atoms with E-state index in [-0.39, 0.29) is 23.5 Å². The van der Waals surface area contributed by atoms with Crippen LogP contribution in [0.25, 0.3) is 0 Å². The van der Waals surface area contributed by atoms with Crippen molar-refractivity contribution in [2.45, 2.75) is 19.3 Å². The summed E-state index contributed by atoms with van der Waals surface area (Å²) in [5.41, 5.74) is 0. The Hall–Kier alpha value is -1.13. The Labute approximate surface area is 63.5 Å². The third kappa shape index (κ3) is 8.87.